The maximum Gasteiger partial charge on any atom is 0.321 e. The Labute approximate surface area is 226 Å². The second-order valence-corrected chi connectivity index (χ2v) is 11.0. The van der Waals surface area contributed by atoms with Crippen LogP contribution in [0.25, 0.3) is 0 Å². The van der Waals surface area contributed by atoms with Gasteiger partial charge < -0.3 is 26.0 Å². The number of halogens is 1. The van der Waals surface area contributed by atoms with Crippen molar-refractivity contribution in [1.29, 1.82) is 0 Å². The molecule has 1 unspecified atom stereocenters. The summed E-state index contributed by atoms with van der Waals surface area (Å²) in [5, 5.41) is 5.70. The summed E-state index contributed by atoms with van der Waals surface area (Å²) in [7, 11) is -4.15. The first-order valence-electron chi connectivity index (χ1n) is 12.2. The van der Waals surface area contributed by atoms with Crippen LogP contribution in [0.15, 0.2) is 70.5 Å². The molecule has 0 spiro atoms. The van der Waals surface area contributed by atoms with E-state index in [1.165, 1.54) is 30.3 Å². The van der Waals surface area contributed by atoms with Gasteiger partial charge in [0.1, 0.15) is 5.75 Å². The number of sulfone groups is 1. The van der Waals surface area contributed by atoms with E-state index >= 15 is 0 Å². The van der Waals surface area contributed by atoms with E-state index in [1.54, 1.807) is 42.2 Å². The van der Waals surface area contributed by atoms with Crippen molar-refractivity contribution in [2.45, 2.75) is 36.1 Å². The molecule has 0 saturated carbocycles. The standard InChI is InChI=1S/C27H29ClN4O5S/c1-4-32(5-2)26(34)30-17-11-13-19(14-12-17)38(35,36)23-16-18(37-6-3)15-21-24(23)31-25(33)27(21,29)20-9-7-8-10-22(20)28/h7-16H,4-6,29H2,1-3H3,(H,30,34)(H,31,33). The van der Waals surface area contributed by atoms with Gasteiger partial charge in [-0.2, -0.15) is 0 Å². The number of hydrogen-bond donors (Lipinski definition) is 3. The number of amides is 3. The summed E-state index contributed by atoms with van der Waals surface area (Å²) >= 11 is 6.40. The molecule has 0 saturated heterocycles. The Kier molecular flexibility index (Phi) is 7.68. The summed E-state index contributed by atoms with van der Waals surface area (Å²) in [5.41, 5.74) is 6.03. The molecular formula is C27H29ClN4O5S. The highest BCUT2D eigenvalue weighted by molar-refractivity contribution is 7.91. The first kappa shape index (κ1) is 27.4. The highest BCUT2D eigenvalue weighted by Crippen LogP contribution is 2.47. The summed E-state index contributed by atoms with van der Waals surface area (Å²) in [6, 6.07) is 15.1. The van der Waals surface area contributed by atoms with Crippen molar-refractivity contribution in [2.24, 2.45) is 5.73 Å². The monoisotopic (exact) mass is 556 g/mol. The van der Waals surface area contributed by atoms with Crippen molar-refractivity contribution < 1.29 is 22.7 Å². The molecule has 3 aromatic rings. The number of carbonyl (C=O) groups excluding carboxylic acids is 2. The summed E-state index contributed by atoms with van der Waals surface area (Å²) in [6.07, 6.45) is 0. The van der Waals surface area contributed by atoms with E-state index in [2.05, 4.69) is 10.6 Å². The number of benzene rings is 3. The Morgan fingerprint density at radius 1 is 1.05 bits per heavy atom. The van der Waals surface area contributed by atoms with Crippen molar-refractivity contribution in [2.75, 3.05) is 30.3 Å². The average molecular weight is 557 g/mol. The molecule has 4 N–H and O–H groups in total. The second kappa shape index (κ2) is 10.6. The SMILES string of the molecule is CCOc1cc2c(c(S(=O)(=O)c3ccc(NC(=O)N(CC)CC)cc3)c1)NC(=O)C2(N)c1ccccc1Cl. The number of urea groups is 1. The molecule has 0 aliphatic carbocycles. The molecule has 200 valence electrons. The average Bonchev–Trinajstić information content (AvgIpc) is 3.15. The topological polar surface area (TPSA) is 131 Å². The third kappa shape index (κ3) is 4.70. The normalized spacial score (nSPS) is 16.5. The van der Waals surface area contributed by atoms with E-state index in [-0.39, 0.29) is 44.5 Å². The summed E-state index contributed by atoms with van der Waals surface area (Å²) < 4.78 is 33.3. The van der Waals surface area contributed by atoms with Crippen molar-refractivity contribution in [3.05, 3.63) is 76.8 Å². The first-order valence-corrected chi connectivity index (χ1v) is 14.0. The van der Waals surface area contributed by atoms with E-state index in [1.807, 2.05) is 13.8 Å². The van der Waals surface area contributed by atoms with Gasteiger partial charge in [0.2, 0.25) is 9.84 Å². The highest BCUT2D eigenvalue weighted by atomic mass is 35.5. The van der Waals surface area contributed by atoms with Crippen LogP contribution in [-0.2, 0) is 20.2 Å². The molecule has 38 heavy (non-hydrogen) atoms. The zero-order chi connectivity index (χ0) is 27.7. The number of hydrogen-bond acceptors (Lipinski definition) is 6. The van der Waals surface area contributed by atoms with Gasteiger partial charge in [-0.05, 0) is 57.2 Å². The molecule has 1 heterocycles. The second-order valence-electron chi connectivity index (χ2n) is 8.65. The quantitative estimate of drug-likeness (QED) is 0.371. The van der Waals surface area contributed by atoms with Crippen LogP contribution in [0.1, 0.15) is 31.9 Å². The van der Waals surface area contributed by atoms with Gasteiger partial charge in [-0.1, -0.05) is 29.8 Å². The van der Waals surface area contributed by atoms with Crippen LogP contribution in [0, 0.1) is 0 Å². The number of ether oxygens (including phenoxy) is 1. The third-order valence-corrected chi connectivity index (χ3v) is 8.59. The number of anilines is 2. The summed E-state index contributed by atoms with van der Waals surface area (Å²) in [5.74, 6) is -0.369. The van der Waals surface area contributed by atoms with Crippen LogP contribution in [-0.4, -0.2) is 45.0 Å². The maximum absolute atomic E-state index is 13.8. The summed E-state index contributed by atoms with van der Waals surface area (Å²) in [6.45, 7) is 6.85. The number of carbonyl (C=O) groups is 2. The van der Waals surface area contributed by atoms with Gasteiger partial charge in [-0.25, -0.2) is 13.2 Å². The molecular weight excluding hydrogens is 528 g/mol. The van der Waals surface area contributed by atoms with E-state index in [0.717, 1.165) is 0 Å². The molecule has 3 amide bonds. The fraction of sp³-hybridized carbons (Fsp3) is 0.259. The lowest BCUT2D eigenvalue weighted by atomic mass is 9.85. The Morgan fingerprint density at radius 3 is 2.32 bits per heavy atom. The third-order valence-electron chi connectivity index (χ3n) is 6.46. The fourth-order valence-corrected chi connectivity index (χ4v) is 6.17. The Morgan fingerprint density at radius 2 is 1.71 bits per heavy atom. The zero-order valence-corrected chi connectivity index (χ0v) is 22.8. The predicted octanol–water partition coefficient (Wildman–Crippen LogP) is 4.60. The van der Waals surface area contributed by atoms with E-state index in [4.69, 9.17) is 22.1 Å². The van der Waals surface area contributed by atoms with Crippen LogP contribution in [0.4, 0.5) is 16.2 Å². The van der Waals surface area contributed by atoms with Crippen molar-refractivity contribution in [1.82, 2.24) is 4.90 Å². The predicted molar refractivity (Wildman–Crippen MR) is 146 cm³/mol. The molecule has 1 atom stereocenters. The van der Waals surface area contributed by atoms with Gasteiger partial charge in [-0.15, -0.1) is 0 Å². The number of nitrogens with two attached hydrogens (primary N) is 1. The van der Waals surface area contributed by atoms with Crippen LogP contribution < -0.4 is 21.1 Å². The van der Waals surface area contributed by atoms with Crippen LogP contribution >= 0.6 is 11.6 Å². The fourth-order valence-electron chi connectivity index (χ4n) is 4.43. The number of rotatable bonds is 8. The van der Waals surface area contributed by atoms with Crippen LogP contribution in [0.3, 0.4) is 0 Å². The first-order chi connectivity index (χ1) is 18.1. The number of fused-ring (bicyclic) bond motifs is 1. The molecule has 11 heteroatoms. The molecule has 0 radical (unpaired) electrons. The minimum absolute atomic E-state index is 0.0318. The maximum atomic E-state index is 13.8. The van der Waals surface area contributed by atoms with E-state index in [9.17, 15) is 18.0 Å². The lowest BCUT2D eigenvalue weighted by Gasteiger charge is -2.24. The molecule has 4 rings (SSSR count). The van der Waals surface area contributed by atoms with E-state index in [0.29, 0.717) is 24.3 Å². The van der Waals surface area contributed by atoms with Crippen molar-refractivity contribution >= 4 is 44.8 Å². The number of nitrogens with zero attached hydrogens (tertiary/aromatic N) is 1. The minimum atomic E-state index is -4.15. The van der Waals surface area contributed by atoms with Gasteiger partial charge in [0, 0.05) is 41.0 Å². The largest absolute Gasteiger partial charge is 0.494 e. The van der Waals surface area contributed by atoms with Gasteiger partial charge in [0.25, 0.3) is 5.91 Å². The molecule has 0 fully saturated rings. The van der Waals surface area contributed by atoms with Crippen molar-refractivity contribution in [3.8, 4) is 5.75 Å². The van der Waals surface area contributed by atoms with Gasteiger partial charge >= 0.3 is 6.03 Å². The van der Waals surface area contributed by atoms with Gasteiger partial charge in [0.15, 0.2) is 5.54 Å². The lowest BCUT2D eigenvalue weighted by molar-refractivity contribution is -0.119. The van der Waals surface area contributed by atoms with Crippen LogP contribution in [0.5, 0.6) is 5.75 Å². The van der Waals surface area contributed by atoms with Gasteiger partial charge in [-0.3, -0.25) is 4.79 Å². The molecule has 9 nitrogen and oxygen atoms in total. The number of nitrogens with one attached hydrogen (secondary N) is 2. The summed E-state index contributed by atoms with van der Waals surface area (Å²) in [4.78, 5) is 27.0. The highest BCUT2D eigenvalue weighted by Gasteiger charge is 2.48. The van der Waals surface area contributed by atoms with E-state index < -0.39 is 21.3 Å². The van der Waals surface area contributed by atoms with Crippen LogP contribution in [0.2, 0.25) is 5.02 Å². The molecule has 1 aliphatic heterocycles. The Balaban J connectivity index is 1.80. The molecule has 3 aromatic carbocycles. The molecule has 0 bridgehead atoms. The Hall–Kier alpha value is -3.60. The lowest BCUT2D eigenvalue weighted by Crippen LogP contribution is -2.44. The zero-order valence-electron chi connectivity index (χ0n) is 21.2. The van der Waals surface area contributed by atoms with Gasteiger partial charge in [0.05, 0.1) is 22.1 Å². The smallest absolute Gasteiger partial charge is 0.321 e. The van der Waals surface area contributed by atoms with Crippen molar-refractivity contribution in [3.63, 3.8) is 0 Å². The molecule has 0 aromatic heterocycles. The Bertz CT molecular complexity index is 1490. The minimum Gasteiger partial charge on any atom is -0.494 e. The molecule has 1 aliphatic rings.